The Hall–Kier alpha value is -1.39. The third kappa shape index (κ3) is 3.35. The van der Waals surface area contributed by atoms with Crippen molar-refractivity contribution < 1.29 is 4.79 Å². The zero-order valence-corrected chi connectivity index (χ0v) is 15.2. The lowest BCUT2D eigenvalue weighted by Gasteiger charge is -2.26. The fraction of sp³-hybridized carbons (Fsp3) is 0.350. The van der Waals surface area contributed by atoms with Crippen LogP contribution in [0, 0.1) is 0 Å². The summed E-state index contributed by atoms with van der Waals surface area (Å²) >= 11 is 3.99. The summed E-state index contributed by atoms with van der Waals surface area (Å²) in [5, 5.41) is 3.23. The standard InChI is InChI=1S/C20H21NOS2/c22-19(15-8-10-16(11-9-15)20-23-12-13-24-20)21-18-7-3-5-14-4-1-2-6-17(14)18/h1-2,4,6,8-11,18,20H,3,5,7,12-13H2,(H,21,22). The Morgan fingerprint density at radius 1 is 1.00 bits per heavy atom. The highest BCUT2D eigenvalue weighted by Crippen LogP contribution is 2.45. The molecule has 1 N–H and O–H groups in total. The number of nitrogens with one attached hydrogen (secondary N) is 1. The number of carbonyl (C=O) groups is 1. The number of rotatable bonds is 3. The molecule has 2 aromatic rings. The molecule has 1 fully saturated rings. The maximum atomic E-state index is 12.6. The van der Waals surface area contributed by atoms with Crippen molar-refractivity contribution in [1.29, 1.82) is 0 Å². The lowest BCUT2D eigenvalue weighted by atomic mass is 9.87. The van der Waals surface area contributed by atoms with Crippen LogP contribution < -0.4 is 5.32 Å². The van der Waals surface area contributed by atoms with E-state index in [0.29, 0.717) is 4.58 Å². The molecule has 24 heavy (non-hydrogen) atoms. The van der Waals surface area contributed by atoms with Crippen LogP contribution in [0.1, 0.15) is 50.5 Å². The van der Waals surface area contributed by atoms with Gasteiger partial charge in [-0.3, -0.25) is 4.79 Å². The predicted octanol–water partition coefficient (Wildman–Crippen LogP) is 4.97. The smallest absolute Gasteiger partial charge is 0.251 e. The van der Waals surface area contributed by atoms with Crippen LogP contribution in [0.5, 0.6) is 0 Å². The van der Waals surface area contributed by atoms with Gasteiger partial charge in [0.1, 0.15) is 0 Å². The molecule has 1 unspecified atom stereocenters. The molecule has 0 saturated carbocycles. The minimum Gasteiger partial charge on any atom is -0.345 e. The molecule has 1 atom stereocenters. The molecular formula is C20H21NOS2. The van der Waals surface area contributed by atoms with E-state index in [-0.39, 0.29) is 11.9 Å². The highest BCUT2D eigenvalue weighted by Gasteiger charge is 2.22. The van der Waals surface area contributed by atoms with Crippen molar-refractivity contribution in [3.05, 3.63) is 70.8 Å². The van der Waals surface area contributed by atoms with Crippen molar-refractivity contribution in [2.75, 3.05) is 11.5 Å². The maximum absolute atomic E-state index is 12.6. The van der Waals surface area contributed by atoms with Gasteiger partial charge in [0.2, 0.25) is 0 Å². The molecule has 0 spiro atoms. The first kappa shape index (κ1) is 16.1. The van der Waals surface area contributed by atoms with Crippen molar-refractivity contribution in [2.45, 2.75) is 29.9 Å². The molecular weight excluding hydrogens is 334 g/mol. The van der Waals surface area contributed by atoms with Gasteiger partial charge in [0.15, 0.2) is 0 Å². The number of thioether (sulfide) groups is 2. The third-order valence-electron chi connectivity index (χ3n) is 4.74. The summed E-state index contributed by atoms with van der Waals surface area (Å²) in [5.74, 6) is 2.48. The molecule has 2 aliphatic rings. The summed E-state index contributed by atoms with van der Waals surface area (Å²) in [5.41, 5.74) is 4.74. The SMILES string of the molecule is O=C(NC1CCCc2ccccc21)c1ccc(C2SCCS2)cc1. The number of hydrogen-bond donors (Lipinski definition) is 1. The van der Waals surface area contributed by atoms with Gasteiger partial charge in [-0.1, -0.05) is 36.4 Å². The second-order valence-corrected chi connectivity index (χ2v) is 9.04. The Balaban J connectivity index is 1.47. The molecule has 1 aliphatic heterocycles. The number of carbonyl (C=O) groups excluding carboxylic acids is 1. The minimum atomic E-state index is 0.0370. The zero-order chi connectivity index (χ0) is 16.4. The van der Waals surface area contributed by atoms with Crippen LogP contribution in [0.3, 0.4) is 0 Å². The van der Waals surface area contributed by atoms with E-state index in [1.165, 1.54) is 28.2 Å². The van der Waals surface area contributed by atoms with E-state index < -0.39 is 0 Å². The second kappa shape index (κ2) is 7.24. The average molecular weight is 356 g/mol. The van der Waals surface area contributed by atoms with Crippen molar-refractivity contribution in [1.82, 2.24) is 5.32 Å². The monoisotopic (exact) mass is 355 g/mol. The van der Waals surface area contributed by atoms with Gasteiger partial charge in [0.25, 0.3) is 5.91 Å². The van der Waals surface area contributed by atoms with Gasteiger partial charge in [-0.25, -0.2) is 0 Å². The van der Waals surface area contributed by atoms with E-state index in [2.05, 4.69) is 41.7 Å². The summed E-state index contributed by atoms with van der Waals surface area (Å²) in [4.78, 5) is 12.6. The Labute approximate surface area is 151 Å². The number of hydrogen-bond acceptors (Lipinski definition) is 3. The number of benzene rings is 2. The van der Waals surface area contributed by atoms with Gasteiger partial charge in [-0.05, 0) is 48.1 Å². The van der Waals surface area contributed by atoms with Crippen LogP contribution in [0.2, 0.25) is 0 Å². The molecule has 1 aliphatic carbocycles. The maximum Gasteiger partial charge on any atom is 0.251 e. The zero-order valence-electron chi connectivity index (χ0n) is 13.5. The van der Waals surface area contributed by atoms with Crippen LogP contribution >= 0.6 is 23.5 Å². The number of amides is 1. The van der Waals surface area contributed by atoms with Gasteiger partial charge in [0, 0.05) is 17.1 Å². The molecule has 0 bridgehead atoms. The van der Waals surface area contributed by atoms with Crippen molar-refractivity contribution >= 4 is 29.4 Å². The molecule has 0 aromatic heterocycles. The van der Waals surface area contributed by atoms with Crippen LogP contribution in [0.25, 0.3) is 0 Å². The first-order valence-corrected chi connectivity index (χ1v) is 10.6. The molecule has 4 rings (SSSR count). The summed E-state index contributed by atoms with van der Waals surface area (Å²) in [7, 11) is 0. The van der Waals surface area contributed by atoms with Crippen molar-refractivity contribution in [3.8, 4) is 0 Å². The van der Waals surface area contributed by atoms with Gasteiger partial charge in [-0.15, -0.1) is 23.5 Å². The average Bonchev–Trinajstić information content (AvgIpc) is 3.17. The lowest BCUT2D eigenvalue weighted by Crippen LogP contribution is -2.30. The quantitative estimate of drug-likeness (QED) is 0.842. The molecule has 124 valence electrons. The van der Waals surface area contributed by atoms with E-state index >= 15 is 0 Å². The normalized spacial score (nSPS) is 20.6. The van der Waals surface area contributed by atoms with Gasteiger partial charge in [-0.2, -0.15) is 0 Å². The lowest BCUT2D eigenvalue weighted by molar-refractivity contribution is 0.0933. The first-order chi connectivity index (χ1) is 11.8. The van der Waals surface area contributed by atoms with Gasteiger partial charge >= 0.3 is 0 Å². The third-order valence-corrected chi connectivity index (χ3v) is 7.85. The number of aryl methyl sites for hydroxylation is 1. The molecule has 2 aromatic carbocycles. The highest BCUT2D eigenvalue weighted by atomic mass is 32.2. The largest absolute Gasteiger partial charge is 0.345 e. The molecule has 1 heterocycles. The Bertz CT molecular complexity index is 723. The van der Waals surface area contributed by atoms with Crippen LogP contribution in [-0.4, -0.2) is 17.4 Å². The fourth-order valence-electron chi connectivity index (χ4n) is 3.49. The Morgan fingerprint density at radius 3 is 2.54 bits per heavy atom. The van der Waals surface area contributed by atoms with E-state index in [1.807, 2.05) is 35.7 Å². The summed E-state index contributed by atoms with van der Waals surface area (Å²) in [6.07, 6.45) is 3.28. The second-order valence-electron chi connectivity index (χ2n) is 6.31. The van der Waals surface area contributed by atoms with Crippen LogP contribution in [0.4, 0.5) is 0 Å². The molecule has 1 saturated heterocycles. The van der Waals surface area contributed by atoms with Gasteiger partial charge in [0.05, 0.1) is 10.6 Å². The first-order valence-electron chi connectivity index (χ1n) is 8.53. The Kier molecular flexibility index (Phi) is 4.86. The minimum absolute atomic E-state index is 0.0370. The summed E-state index contributed by atoms with van der Waals surface area (Å²) in [6, 6.07) is 16.8. The molecule has 4 heteroatoms. The molecule has 2 nitrogen and oxygen atoms in total. The molecule has 1 amide bonds. The van der Waals surface area contributed by atoms with Crippen LogP contribution in [-0.2, 0) is 6.42 Å². The number of fused-ring (bicyclic) bond motifs is 1. The van der Waals surface area contributed by atoms with Gasteiger partial charge < -0.3 is 5.32 Å². The van der Waals surface area contributed by atoms with Crippen molar-refractivity contribution in [2.24, 2.45) is 0 Å². The van der Waals surface area contributed by atoms with Crippen LogP contribution in [0.15, 0.2) is 48.5 Å². The predicted molar refractivity (Wildman–Crippen MR) is 104 cm³/mol. The Morgan fingerprint density at radius 2 is 1.75 bits per heavy atom. The highest BCUT2D eigenvalue weighted by molar-refractivity contribution is 8.19. The van der Waals surface area contributed by atoms with Crippen molar-refractivity contribution in [3.63, 3.8) is 0 Å². The van der Waals surface area contributed by atoms with E-state index in [4.69, 9.17) is 0 Å². The topological polar surface area (TPSA) is 29.1 Å². The summed E-state index contributed by atoms with van der Waals surface area (Å²) < 4.78 is 0.535. The molecule has 0 radical (unpaired) electrons. The summed E-state index contributed by atoms with van der Waals surface area (Å²) in [6.45, 7) is 0. The van der Waals surface area contributed by atoms with E-state index in [0.717, 1.165) is 24.8 Å². The van der Waals surface area contributed by atoms with E-state index in [9.17, 15) is 4.79 Å². The fourth-order valence-corrected chi connectivity index (χ4v) is 6.35. The van der Waals surface area contributed by atoms with E-state index in [1.54, 1.807) is 0 Å².